The summed E-state index contributed by atoms with van der Waals surface area (Å²) in [6.07, 6.45) is 10.6. The van der Waals surface area contributed by atoms with Crippen molar-refractivity contribution in [1.82, 2.24) is 15.3 Å². The van der Waals surface area contributed by atoms with Gasteiger partial charge in [-0.25, -0.2) is 9.97 Å². The normalized spacial score (nSPS) is 30.0. The Morgan fingerprint density at radius 1 is 1.05 bits per heavy atom. The van der Waals surface area contributed by atoms with Crippen LogP contribution in [0.2, 0.25) is 0 Å². The molecule has 2 fully saturated rings. The highest BCUT2D eigenvalue weighted by Gasteiger charge is 2.31. The van der Waals surface area contributed by atoms with Crippen LogP contribution in [0.1, 0.15) is 43.4 Å². The molecule has 0 aromatic carbocycles. The number of nitrogens with zero attached hydrogens (tertiary/aromatic N) is 3. The molecule has 2 unspecified atom stereocenters. The van der Waals surface area contributed by atoms with Crippen molar-refractivity contribution in [2.24, 2.45) is 0 Å². The molecule has 4 rings (SSSR count). The summed E-state index contributed by atoms with van der Waals surface area (Å²) in [5.41, 5.74) is 2.74. The summed E-state index contributed by atoms with van der Waals surface area (Å²) in [4.78, 5) is 11.6. The van der Waals surface area contributed by atoms with Crippen molar-refractivity contribution in [2.75, 3.05) is 18.0 Å². The van der Waals surface area contributed by atoms with Gasteiger partial charge in [-0.1, -0.05) is 0 Å². The maximum Gasteiger partial charge on any atom is 0.135 e. The molecular formula is C15H22N4. The first kappa shape index (κ1) is 11.6. The summed E-state index contributed by atoms with van der Waals surface area (Å²) in [5, 5.41) is 3.75. The summed E-state index contributed by atoms with van der Waals surface area (Å²) in [5.74, 6) is 1.24. The highest BCUT2D eigenvalue weighted by atomic mass is 15.2. The highest BCUT2D eigenvalue weighted by Crippen LogP contribution is 2.30. The van der Waals surface area contributed by atoms with Gasteiger partial charge in [-0.2, -0.15) is 0 Å². The topological polar surface area (TPSA) is 41.1 Å². The van der Waals surface area contributed by atoms with Crippen LogP contribution in [-0.2, 0) is 12.8 Å². The molecule has 4 heteroatoms. The summed E-state index contributed by atoms with van der Waals surface area (Å²) in [7, 11) is 0. The first-order chi connectivity index (χ1) is 9.40. The van der Waals surface area contributed by atoms with Crippen LogP contribution in [0.4, 0.5) is 5.82 Å². The van der Waals surface area contributed by atoms with Gasteiger partial charge in [0, 0.05) is 36.4 Å². The van der Waals surface area contributed by atoms with E-state index >= 15 is 0 Å². The number of aromatic nitrogens is 2. The molecule has 0 spiro atoms. The number of nitrogens with one attached hydrogen (secondary N) is 1. The predicted molar refractivity (Wildman–Crippen MR) is 75.4 cm³/mol. The lowest BCUT2D eigenvalue weighted by Crippen LogP contribution is -2.36. The van der Waals surface area contributed by atoms with Crippen LogP contribution in [0.3, 0.4) is 0 Å². The zero-order valence-electron chi connectivity index (χ0n) is 11.4. The summed E-state index contributed by atoms with van der Waals surface area (Å²) in [6, 6.07) is 1.41. The van der Waals surface area contributed by atoms with E-state index in [1.807, 2.05) is 0 Å². The van der Waals surface area contributed by atoms with Crippen LogP contribution in [-0.4, -0.2) is 35.1 Å². The minimum atomic E-state index is 0.668. The third kappa shape index (κ3) is 2.12. The van der Waals surface area contributed by atoms with Crippen LogP contribution in [0.25, 0.3) is 0 Å². The van der Waals surface area contributed by atoms with E-state index in [1.54, 1.807) is 6.33 Å². The van der Waals surface area contributed by atoms with Crippen molar-refractivity contribution in [3.8, 4) is 0 Å². The van der Waals surface area contributed by atoms with Crippen LogP contribution < -0.4 is 10.2 Å². The van der Waals surface area contributed by atoms with Crippen LogP contribution in [0.5, 0.6) is 0 Å². The lowest BCUT2D eigenvalue weighted by Gasteiger charge is -2.29. The molecule has 3 heterocycles. The molecule has 0 radical (unpaired) electrons. The summed E-state index contributed by atoms with van der Waals surface area (Å²) < 4.78 is 0. The first-order valence-corrected chi connectivity index (χ1v) is 7.74. The van der Waals surface area contributed by atoms with Gasteiger partial charge >= 0.3 is 0 Å². The van der Waals surface area contributed by atoms with Crippen LogP contribution in [0.15, 0.2) is 6.33 Å². The van der Waals surface area contributed by atoms with E-state index in [0.29, 0.717) is 6.04 Å². The average molecular weight is 258 g/mol. The van der Waals surface area contributed by atoms with Crippen LogP contribution in [0, 0.1) is 0 Å². The minimum Gasteiger partial charge on any atom is -0.355 e. The van der Waals surface area contributed by atoms with E-state index in [9.17, 15) is 0 Å². The number of fused-ring (bicyclic) bond motifs is 3. The molecule has 1 aliphatic carbocycles. The number of hydrogen-bond donors (Lipinski definition) is 1. The monoisotopic (exact) mass is 258 g/mol. The van der Waals surface area contributed by atoms with E-state index in [0.717, 1.165) is 25.6 Å². The SMILES string of the molecule is c1nc2c(c(N3CCC4CCC(C3)N4)n1)CCCC2. The van der Waals surface area contributed by atoms with Gasteiger partial charge in [0.15, 0.2) is 0 Å². The van der Waals surface area contributed by atoms with E-state index < -0.39 is 0 Å². The first-order valence-electron chi connectivity index (χ1n) is 7.74. The Kier molecular flexibility index (Phi) is 2.91. The minimum absolute atomic E-state index is 0.668. The second kappa shape index (κ2) is 4.75. The van der Waals surface area contributed by atoms with Gasteiger partial charge in [-0.3, -0.25) is 0 Å². The number of aryl methyl sites for hydroxylation is 1. The van der Waals surface area contributed by atoms with E-state index in [4.69, 9.17) is 0 Å². The average Bonchev–Trinajstić information content (AvgIpc) is 2.78. The molecule has 0 saturated carbocycles. The van der Waals surface area contributed by atoms with Crippen molar-refractivity contribution < 1.29 is 0 Å². The molecule has 102 valence electrons. The molecule has 3 aliphatic rings. The lowest BCUT2D eigenvalue weighted by molar-refractivity contribution is 0.563. The van der Waals surface area contributed by atoms with Gasteiger partial charge in [0.05, 0.1) is 0 Å². The molecule has 2 atom stereocenters. The maximum atomic E-state index is 4.63. The third-order valence-corrected chi connectivity index (χ3v) is 4.92. The standard InChI is InChI=1S/C15H22N4/c1-2-4-14-13(3-1)15(17-10-16-14)19-8-7-11-5-6-12(9-19)18-11/h10-12,18H,1-9H2. The Morgan fingerprint density at radius 2 is 1.95 bits per heavy atom. The third-order valence-electron chi connectivity index (χ3n) is 4.92. The molecule has 19 heavy (non-hydrogen) atoms. The van der Waals surface area contributed by atoms with Gasteiger partial charge in [0.2, 0.25) is 0 Å². The molecule has 1 N–H and O–H groups in total. The smallest absolute Gasteiger partial charge is 0.135 e. The van der Waals surface area contributed by atoms with E-state index in [1.165, 1.54) is 55.6 Å². The molecule has 2 saturated heterocycles. The molecule has 4 nitrogen and oxygen atoms in total. The van der Waals surface area contributed by atoms with Crippen LogP contribution >= 0.6 is 0 Å². The van der Waals surface area contributed by atoms with Crippen molar-refractivity contribution in [3.63, 3.8) is 0 Å². The number of hydrogen-bond acceptors (Lipinski definition) is 4. The zero-order valence-corrected chi connectivity index (χ0v) is 11.4. The second-order valence-electron chi connectivity index (χ2n) is 6.20. The predicted octanol–water partition coefficient (Wildman–Crippen LogP) is 1.69. The van der Waals surface area contributed by atoms with Gasteiger partial charge < -0.3 is 10.2 Å². The van der Waals surface area contributed by atoms with Gasteiger partial charge in [-0.05, 0) is 44.9 Å². The largest absolute Gasteiger partial charge is 0.355 e. The molecule has 1 aromatic heterocycles. The number of anilines is 1. The van der Waals surface area contributed by atoms with E-state index in [-0.39, 0.29) is 0 Å². The van der Waals surface area contributed by atoms with Gasteiger partial charge in [0.25, 0.3) is 0 Å². The maximum absolute atomic E-state index is 4.63. The Bertz CT molecular complexity index is 473. The Balaban J connectivity index is 1.64. The molecule has 2 aliphatic heterocycles. The van der Waals surface area contributed by atoms with Crippen molar-refractivity contribution in [2.45, 2.75) is 57.0 Å². The Hall–Kier alpha value is -1.16. The fourth-order valence-corrected chi connectivity index (χ4v) is 3.91. The molecule has 0 amide bonds. The van der Waals surface area contributed by atoms with Gasteiger partial charge in [-0.15, -0.1) is 0 Å². The number of rotatable bonds is 1. The van der Waals surface area contributed by atoms with Crippen molar-refractivity contribution >= 4 is 5.82 Å². The second-order valence-corrected chi connectivity index (χ2v) is 6.20. The fraction of sp³-hybridized carbons (Fsp3) is 0.733. The highest BCUT2D eigenvalue weighted by molar-refractivity contribution is 5.50. The Labute approximate surface area is 114 Å². The molecular weight excluding hydrogens is 236 g/mol. The lowest BCUT2D eigenvalue weighted by atomic mass is 9.96. The van der Waals surface area contributed by atoms with Crippen molar-refractivity contribution in [1.29, 1.82) is 0 Å². The molecule has 2 bridgehead atoms. The quantitative estimate of drug-likeness (QED) is 0.832. The zero-order chi connectivity index (χ0) is 12.7. The van der Waals surface area contributed by atoms with Crippen molar-refractivity contribution in [3.05, 3.63) is 17.6 Å². The molecule has 1 aromatic rings. The fourth-order valence-electron chi connectivity index (χ4n) is 3.91. The van der Waals surface area contributed by atoms with Gasteiger partial charge in [0.1, 0.15) is 12.1 Å². The summed E-state index contributed by atoms with van der Waals surface area (Å²) in [6.45, 7) is 2.28. The Morgan fingerprint density at radius 3 is 2.95 bits per heavy atom. The summed E-state index contributed by atoms with van der Waals surface area (Å²) >= 11 is 0. The van der Waals surface area contributed by atoms with E-state index in [2.05, 4.69) is 20.2 Å².